The Morgan fingerprint density at radius 3 is 3.05 bits per heavy atom. The first-order valence-electron chi connectivity index (χ1n) is 5.81. The molecule has 3 heterocycles. The Balaban J connectivity index is 2.06. The predicted octanol–water partition coefficient (Wildman–Crippen LogP) is 3.47. The monoisotopic (exact) mass is 288 g/mol. The van der Waals surface area contributed by atoms with E-state index in [0.717, 1.165) is 27.5 Å². The lowest BCUT2D eigenvalue weighted by Gasteiger charge is -2.02. The Morgan fingerprint density at radius 1 is 1.26 bits per heavy atom. The Kier molecular flexibility index (Phi) is 2.36. The highest BCUT2D eigenvalue weighted by atomic mass is 35.5. The fourth-order valence-corrected chi connectivity index (χ4v) is 3.24. The Morgan fingerprint density at radius 2 is 2.16 bits per heavy atom. The first kappa shape index (κ1) is 11.0. The third-order valence-electron chi connectivity index (χ3n) is 3.15. The van der Waals surface area contributed by atoms with E-state index >= 15 is 0 Å². The molecule has 6 heteroatoms. The topological polar surface area (TPSA) is 35.1 Å². The van der Waals surface area contributed by atoms with E-state index in [0.29, 0.717) is 5.88 Å². The molecule has 0 saturated carbocycles. The highest BCUT2D eigenvalue weighted by Crippen LogP contribution is 2.25. The molecule has 0 amide bonds. The molecule has 0 atom stereocenters. The van der Waals surface area contributed by atoms with Crippen molar-refractivity contribution in [3.05, 3.63) is 47.9 Å². The van der Waals surface area contributed by atoms with Crippen molar-refractivity contribution in [2.75, 3.05) is 0 Å². The molecule has 94 valence electrons. The molecule has 0 spiro atoms. The second kappa shape index (κ2) is 4.08. The largest absolute Gasteiger partial charge is 0.291 e. The summed E-state index contributed by atoms with van der Waals surface area (Å²) in [5.41, 5.74) is 2.99. The summed E-state index contributed by atoms with van der Waals surface area (Å²) in [6.07, 6.45) is 3.79. The van der Waals surface area contributed by atoms with Crippen molar-refractivity contribution in [2.24, 2.45) is 0 Å². The van der Waals surface area contributed by atoms with Gasteiger partial charge in [-0.2, -0.15) is 0 Å². The molecule has 0 saturated heterocycles. The van der Waals surface area contributed by atoms with Crippen molar-refractivity contribution >= 4 is 38.9 Å². The van der Waals surface area contributed by atoms with Crippen molar-refractivity contribution in [3.63, 3.8) is 0 Å². The van der Waals surface area contributed by atoms with Gasteiger partial charge in [0.05, 0.1) is 22.6 Å². The molecule has 4 rings (SSSR count). The van der Waals surface area contributed by atoms with Gasteiger partial charge in [-0.15, -0.1) is 22.9 Å². The van der Waals surface area contributed by atoms with Crippen LogP contribution in [-0.4, -0.2) is 18.9 Å². The minimum Gasteiger partial charge on any atom is -0.291 e. The number of benzene rings is 1. The second-order valence-electron chi connectivity index (χ2n) is 4.17. The van der Waals surface area contributed by atoms with Gasteiger partial charge in [0.1, 0.15) is 6.33 Å². The van der Waals surface area contributed by atoms with Crippen LogP contribution in [0.1, 0.15) is 5.69 Å². The van der Waals surface area contributed by atoms with Gasteiger partial charge in [0.15, 0.2) is 10.8 Å². The van der Waals surface area contributed by atoms with Crippen molar-refractivity contribution in [1.82, 2.24) is 18.9 Å². The lowest BCUT2D eigenvalue weighted by Crippen LogP contribution is -1.97. The molecule has 1 aromatic carbocycles. The van der Waals surface area contributed by atoms with Crippen molar-refractivity contribution < 1.29 is 0 Å². The molecule has 3 aromatic heterocycles. The number of imidazole rings is 2. The zero-order chi connectivity index (χ0) is 12.8. The van der Waals surface area contributed by atoms with Gasteiger partial charge in [-0.3, -0.25) is 8.97 Å². The average molecular weight is 289 g/mol. The minimum absolute atomic E-state index is 0.416. The van der Waals surface area contributed by atoms with Gasteiger partial charge in [0, 0.05) is 11.6 Å². The second-order valence-corrected chi connectivity index (χ2v) is 5.31. The van der Waals surface area contributed by atoms with Crippen LogP contribution >= 0.6 is 22.9 Å². The van der Waals surface area contributed by atoms with Crippen molar-refractivity contribution in [3.8, 4) is 5.82 Å². The number of fused-ring (bicyclic) bond motifs is 2. The molecule has 0 aliphatic carbocycles. The molecule has 19 heavy (non-hydrogen) atoms. The zero-order valence-electron chi connectivity index (χ0n) is 9.82. The SMILES string of the molecule is ClCc1c(-n2cnc3ccccc32)nc2sccn12. The van der Waals surface area contributed by atoms with Gasteiger partial charge in [0.25, 0.3) is 0 Å². The number of rotatable bonds is 2. The number of thiazole rings is 1. The first-order chi connectivity index (χ1) is 9.38. The Bertz CT molecular complexity index is 873. The summed E-state index contributed by atoms with van der Waals surface area (Å²) in [6, 6.07) is 8.01. The highest BCUT2D eigenvalue weighted by Gasteiger charge is 2.15. The average Bonchev–Trinajstić information content (AvgIpc) is 3.11. The third-order valence-corrected chi connectivity index (χ3v) is 4.16. The van der Waals surface area contributed by atoms with Gasteiger partial charge < -0.3 is 0 Å². The lowest BCUT2D eigenvalue weighted by molar-refractivity contribution is 1.00. The van der Waals surface area contributed by atoms with E-state index in [1.54, 1.807) is 17.7 Å². The van der Waals surface area contributed by atoms with E-state index in [4.69, 9.17) is 11.6 Å². The number of hydrogen-bond acceptors (Lipinski definition) is 3. The molecule has 4 nitrogen and oxygen atoms in total. The standard InChI is InChI=1S/C13H9ClN4S/c14-7-11-12(16-13-17(11)5-6-19-13)18-8-15-9-3-1-2-4-10(9)18/h1-6,8H,7H2. The van der Waals surface area contributed by atoms with Crippen LogP contribution in [0.2, 0.25) is 0 Å². The van der Waals surface area contributed by atoms with E-state index in [-0.39, 0.29) is 0 Å². The van der Waals surface area contributed by atoms with Crippen LogP contribution in [0.5, 0.6) is 0 Å². The van der Waals surface area contributed by atoms with Crippen molar-refractivity contribution in [2.45, 2.75) is 5.88 Å². The normalized spacial score (nSPS) is 11.6. The van der Waals surface area contributed by atoms with Crippen LogP contribution in [0.15, 0.2) is 42.2 Å². The number of aromatic nitrogens is 4. The Hall–Kier alpha value is -1.85. The summed E-state index contributed by atoms with van der Waals surface area (Å²) in [5.74, 6) is 1.27. The van der Waals surface area contributed by atoms with E-state index in [1.165, 1.54) is 0 Å². The van der Waals surface area contributed by atoms with Crippen LogP contribution in [-0.2, 0) is 5.88 Å². The van der Waals surface area contributed by atoms with Crippen LogP contribution in [0.4, 0.5) is 0 Å². The summed E-state index contributed by atoms with van der Waals surface area (Å²) in [4.78, 5) is 10.0. The maximum atomic E-state index is 6.09. The molecular formula is C13H9ClN4S. The maximum Gasteiger partial charge on any atom is 0.195 e. The molecular weight excluding hydrogens is 280 g/mol. The molecule has 0 unspecified atom stereocenters. The number of alkyl halides is 1. The fourth-order valence-electron chi connectivity index (χ4n) is 2.27. The predicted molar refractivity (Wildman–Crippen MR) is 77.3 cm³/mol. The summed E-state index contributed by atoms with van der Waals surface area (Å²) >= 11 is 7.69. The quantitative estimate of drug-likeness (QED) is 0.529. The van der Waals surface area contributed by atoms with Crippen LogP contribution < -0.4 is 0 Å². The molecule has 4 aromatic rings. The minimum atomic E-state index is 0.416. The zero-order valence-corrected chi connectivity index (χ0v) is 11.4. The molecule has 0 aliphatic rings. The van der Waals surface area contributed by atoms with Crippen LogP contribution in [0.25, 0.3) is 21.8 Å². The summed E-state index contributed by atoms with van der Waals surface area (Å²) < 4.78 is 4.02. The number of nitrogens with zero attached hydrogens (tertiary/aromatic N) is 4. The summed E-state index contributed by atoms with van der Waals surface area (Å²) in [5, 5.41) is 2.01. The van der Waals surface area contributed by atoms with E-state index < -0.39 is 0 Å². The van der Waals surface area contributed by atoms with Gasteiger partial charge in [-0.1, -0.05) is 12.1 Å². The highest BCUT2D eigenvalue weighted by molar-refractivity contribution is 7.15. The molecule has 0 N–H and O–H groups in total. The molecule has 0 radical (unpaired) electrons. The van der Waals surface area contributed by atoms with Gasteiger partial charge in [-0.25, -0.2) is 9.97 Å². The first-order valence-corrected chi connectivity index (χ1v) is 7.23. The van der Waals surface area contributed by atoms with Crippen LogP contribution in [0.3, 0.4) is 0 Å². The third kappa shape index (κ3) is 1.52. The van der Waals surface area contributed by atoms with Gasteiger partial charge in [0.2, 0.25) is 0 Å². The van der Waals surface area contributed by atoms with Gasteiger partial charge >= 0.3 is 0 Å². The van der Waals surface area contributed by atoms with E-state index in [2.05, 4.69) is 9.97 Å². The molecule has 0 fully saturated rings. The van der Waals surface area contributed by atoms with E-state index in [1.807, 2.05) is 44.8 Å². The maximum absolute atomic E-state index is 6.09. The molecule has 0 aliphatic heterocycles. The summed E-state index contributed by atoms with van der Waals surface area (Å²) in [6.45, 7) is 0. The lowest BCUT2D eigenvalue weighted by atomic mass is 10.3. The van der Waals surface area contributed by atoms with Crippen molar-refractivity contribution in [1.29, 1.82) is 0 Å². The Labute approximate surface area is 117 Å². The molecule has 0 bridgehead atoms. The number of hydrogen-bond donors (Lipinski definition) is 0. The van der Waals surface area contributed by atoms with Crippen LogP contribution in [0, 0.1) is 0 Å². The number of para-hydroxylation sites is 2. The number of halogens is 1. The van der Waals surface area contributed by atoms with E-state index in [9.17, 15) is 0 Å². The fraction of sp³-hybridized carbons (Fsp3) is 0.0769. The van der Waals surface area contributed by atoms with Gasteiger partial charge in [-0.05, 0) is 12.1 Å². The smallest absolute Gasteiger partial charge is 0.195 e. The summed E-state index contributed by atoms with van der Waals surface area (Å²) in [7, 11) is 0.